The summed E-state index contributed by atoms with van der Waals surface area (Å²) in [5, 5.41) is 2.61. The van der Waals surface area contributed by atoms with Crippen LogP contribution < -0.4 is 5.32 Å². The van der Waals surface area contributed by atoms with Crippen molar-refractivity contribution in [1.82, 2.24) is 15.0 Å². The number of carbonyl (C=O) groups excluding carboxylic acids is 1. The highest BCUT2D eigenvalue weighted by molar-refractivity contribution is 6.03. The summed E-state index contributed by atoms with van der Waals surface area (Å²) in [6, 6.07) is 3.51. The van der Waals surface area contributed by atoms with Crippen LogP contribution in [0.15, 0.2) is 30.7 Å². The second-order valence-corrected chi connectivity index (χ2v) is 3.08. The third-order valence-corrected chi connectivity index (χ3v) is 1.90. The summed E-state index contributed by atoms with van der Waals surface area (Å²) in [4.78, 5) is 22.3. The summed E-state index contributed by atoms with van der Waals surface area (Å²) in [6.45, 7) is 1.87. The van der Waals surface area contributed by atoms with Gasteiger partial charge in [0.05, 0.1) is 5.56 Å². The van der Waals surface area contributed by atoms with Gasteiger partial charge >= 0.3 is 0 Å². The molecular weight excluding hydrogens is 192 g/mol. The van der Waals surface area contributed by atoms with Gasteiger partial charge in [0.25, 0.3) is 5.91 Å². The smallest absolute Gasteiger partial charge is 0.259 e. The van der Waals surface area contributed by atoms with Crippen molar-refractivity contribution >= 4 is 11.9 Å². The van der Waals surface area contributed by atoms with Gasteiger partial charge in [-0.15, -0.1) is 0 Å². The molecule has 5 nitrogen and oxygen atoms in total. The number of hydrogen-bond acceptors (Lipinski definition) is 3. The van der Waals surface area contributed by atoms with Crippen molar-refractivity contribution in [2.24, 2.45) is 0 Å². The number of carbonyl (C=O) groups is 1. The minimum atomic E-state index is -0.225. The number of amides is 1. The van der Waals surface area contributed by atoms with Crippen LogP contribution >= 0.6 is 0 Å². The fourth-order valence-corrected chi connectivity index (χ4v) is 1.12. The highest BCUT2D eigenvalue weighted by atomic mass is 16.1. The summed E-state index contributed by atoms with van der Waals surface area (Å²) in [7, 11) is 0. The molecule has 0 atom stereocenters. The number of H-pyrrole nitrogens is 1. The molecule has 0 aromatic carbocycles. The monoisotopic (exact) mass is 202 g/mol. The van der Waals surface area contributed by atoms with Gasteiger partial charge in [-0.25, -0.2) is 4.98 Å². The Morgan fingerprint density at radius 3 is 2.87 bits per heavy atom. The molecule has 0 unspecified atom stereocenters. The maximum Gasteiger partial charge on any atom is 0.259 e. The van der Waals surface area contributed by atoms with Crippen LogP contribution in [-0.2, 0) is 0 Å². The molecule has 2 N–H and O–H groups in total. The lowest BCUT2D eigenvalue weighted by atomic mass is 10.2. The number of rotatable bonds is 2. The predicted octanol–water partition coefficient (Wildman–Crippen LogP) is 1.37. The molecule has 0 fully saturated rings. The number of nitrogens with one attached hydrogen (secondary N) is 2. The Hall–Kier alpha value is -2.17. The van der Waals surface area contributed by atoms with Gasteiger partial charge in [-0.3, -0.25) is 15.1 Å². The largest absolute Gasteiger partial charge is 0.331 e. The van der Waals surface area contributed by atoms with Crippen molar-refractivity contribution in [3.63, 3.8) is 0 Å². The van der Waals surface area contributed by atoms with Crippen molar-refractivity contribution in [3.05, 3.63) is 42.0 Å². The molecule has 0 saturated carbocycles. The summed E-state index contributed by atoms with van der Waals surface area (Å²) in [5.74, 6) is 0.207. The Bertz CT molecular complexity index is 447. The van der Waals surface area contributed by atoms with Crippen LogP contribution in [0.1, 0.15) is 16.1 Å². The van der Waals surface area contributed by atoms with Gasteiger partial charge < -0.3 is 4.98 Å². The van der Waals surface area contributed by atoms with Gasteiger partial charge in [0.2, 0.25) is 5.95 Å². The molecule has 2 rings (SSSR count). The second kappa shape index (κ2) is 3.91. The summed E-state index contributed by atoms with van der Waals surface area (Å²) in [5.41, 5.74) is 1.39. The summed E-state index contributed by atoms with van der Waals surface area (Å²) < 4.78 is 0. The first-order valence-electron chi connectivity index (χ1n) is 4.49. The third kappa shape index (κ3) is 2.19. The lowest BCUT2D eigenvalue weighted by molar-refractivity contribution is 0.102. The number of hydrogen-bond donors (Lipinski definition) is 2. The first-order chi connectivity index (χ1) is 7.25. The van der Waals surface area contributed by atoms with Gasteiger partial charge in [0.15, 0.2) is 0 Å². The molecular formula is C10H10N4O. The zero-order valence-corrected chi connectivity index (χ0v) is 8.19. The molecule has 2 aromatic rings. The molecule has 1 amide bonds. The Kier molecular flexibility index (Phi) is 2.45. The molecule has 2 aromatic heterocycles. The van der Waals surface area contributed by atoms with E-state index in [1.54, 1.807) is 24.5 Å². The van der Waals surface area contributed by atoms with Gasteiger partial charge in [-0.2, -0.15) is 0 Å². The van der Waals surface area contributed by atoms with E-state index in [-0.39, 0.29) is 5.91 Å². The Labute approximate surface area is 86.6 Å². The van der Waals surface area contributed by atoms with E-state index in [1.165, 1.54) is 6.20 Å². The predicted molar refractivity (Wildman–Crippen MR) is 55.5 cm³/mol. The van der Waals surface area contributed by atoms with Crippen LogP contribution in [-0.4, -0.2) is 20.9 Å². The average molecular weight is 202 g/mol. The SMILES string of the molecule is Cc1ccc(C(=O)Nc2ncc[nH]2)cn1. The number of pyridine rings is 1. The lowest BCUT2D eigenvalue weighted by Crippen LogP contribution is -2.13. The van der Waals surface area contributed by atoms with Crippen LogP contribution in [0.4, 0.5) is 5.95 Å². The molecule has 2 heterocycles. The van der Waals surface area contributed by atoms with Gasteiger partial charge in [0, 0.05) is 24.3 Å². The van der Waals surface area contributed by atoms with E-state index in [0.29, 0.717) is 11.5 Å². The Morgan fingerprint density at radius 1 is 1.40 bits per heavy atom. The molecule has 0 spiro atoms. The number of aromatic nitrogens is 3. The molecule has 0 aliphatic heterocycles. The Balaban J connectivity index is 2.11. The van der Waals surface area contributed by atoms with E-state index in [1.807, 2.05) is 6.92 Å². The molecule has 0 aliphatic carbocycles. The molecule has 0 aliphatic rings. The minimum absolute atomic E-state index is 0.225. The number of aromatic amines is 1. The molecule has 0 saturated heterocycles. The first-order valence-corrected chi connectivity index (χ1v) is 4.49. The van der Waals surface area contributed by atoms with Gasteiger partial charge in [0.1, 0.15) is 0 Å². The Morgan fingerprint density at radius 2 is 2.27 bits per heavy atom. The molecule has 0 bridgehead atoms. The van der Waals surface area contributed by atoms with E-state index < -0.39 is 0 Å². The molecule has 15 heavy (non-hydrogen) atoms. The maximum absolute atomic E-state index is 11.6. The van der Waals surface area contributed by atoms with E-state index in [0.717, 1.165) is 5.69 Å². The van der Waals surface area contributed by atoms with Crippen molar-refractivity contribution in [2.75, 3.05) is 5.32 Å². The molecule has 76 valence electrons. The summed E-state index contributed by atoms with van der Waals surface area (Å²) in [6.07, 6.45) is 4.75. The van der Waals surface area contributed by atoms with Crippen molar-refractivity contribution < 1.29 is 4.79 Å². The molecule has 5 heteroatoms. The van der Waals surface area contributed by atoms with Crippen LogP contribution in [0.2, 0.25) is 0 Å². The van der Waals surface area contributed by atoms with E-state index >= 15 is 0 Å². The van der Waals surface area contributed by atoms with Gasteiger partial charge in [-0.1, -0.05) is 0 Å². The average Bonchev–Trinajstić information content (AvgIpc) is 2.71. The number of anilines is 1. The van der Waals surface area contributed by atoms with Crippen LogP contribution in [0.25, 0.3) is 0 Å². The quantitative estimate of drug-likeness (QED) is 0.772. The zero-order valence-electron chi connectivity index (χ0n) is 8.19. The van der Waals surface area contributed by atoms with Crippen molar-refractivity contribution in [3.8, 4) is 0 Å². The van der Waals surface area contributed by atoms with E-state index in [9.17, 15) is 4.79 Å². The van der Waals surface area contributed by atoms with Gasteiger partial charge in [-0.05, 0) is 19.1 Å². The highest BCUT2D eigenvalue weighted by Crippen LogP contribution is 2.03. The third-order valence-electron chi connectivity index (χ3n) is 1.90. The molecule has 0 radical (unpaired) electrons. The zero-order chi connectivity index (χ0) is 10.7. The second-order valence-electron chi connectivity index (χ2n) is 3.08. The van der Waals surface area contributed by atoms with E-state index in [4.69, 9.17) is 0 Å². The normalized spacial score (nSPS) is 9.93. The summed E-state index contributed by atoms with van der Waals surface area (Å²) >= 11 is 0. The van der Waals surface area contributed by atoms with Crippen molar-refractivity contribution in [1.29, 1.82) is 0 Å². The van der Waals surface area contributed by atoms with Crippen LogP contribution in [0.3, 0.4) is 0 Å². The highest BCUT2D eigenvalue weighted by Gasteiger charge is 2.06. The van der Waals surface area contributed by atoms with Crippen LogP contribution in [0.5, 0.6) is 0 Å². The van der Waals surface area contributed by atoms with Crippen molar-refractivity contribution in [2.45, 2.75) is 6.92 Å². The topological polar surface area (TPSA) is 70.7 Å². The van der Waals surface area contributed by atoms with E-state index in [2.05, 4.69) is 20.3 Å². The lowest BCUT2D eigenvalue weighted by Gasteiger charge is -2.01. The number of nitrogens with zero attached hydrogens (tertiary/aromatic N) is 2. The fourth-order valence-electron chi connectivity index (χ4n) is 1.12. The first kappa shape index (κ1) is 9.39. The number of imidazole rings is 1. The number of aryl methyl sites for hydroxylation is 1. The van der Waals surface area contributed by atoms with Crippen LogP contribution in [0, 0.1) is 6.92 Å². The fraction of sp³-hybridized carbons (Fsp3) is 0.100. The standard InChI is InChI=1S/C10H10N4O/c1-7-2-3-8(6-13-7)9(15)14-10-11-4-5-12-10/h2-6H,1H3,(H2,11,12,14,15). The maximum atomic E-state index is 11.6. The minimum Gasteiger partial charge on any atom is -0.331 e.